The number of nitrogens with zero attached hydrogens (tertiary/aromatic N) is 2. The van der Waals surface area contributed by atoms with E-state index < -0.39 is 73.6 Å². The maximum atomic E-state index is 15.4. The number of nitrogens with one attached hydrogen (secondary N) is 3. The van der Waals surface area contributed by atoms with Gasteiger partial charge in [0.25, 0.3) is 21.5 Å². The molecule has 13 nitrogen and oxygen atoms in total. The number of carbonyl (C=O) groups excluding carboxylic acids is 3. The Bertz CT molecular complexity index is 2620. The van der Waals surface area contributed by atoms with Crippen molar-refractivity contribution in [3.63, 3.8) is 0 Å². The van der Waals surface area contributed by atoms with Crippen molar-refractivity contribution in [2.75, 3.05) is 10.0 Å². The van der Waals surface area contributed by atoms with Crippen LogP contribution in [0.15, 0.2) is 105 Å². The summed E-state index contributed by atoms with van der Waals surface area (Å²) < 4.78 is 66.9. The van der Waals surface area contributed by atoms with E-state index in [0.717, 1.165) is 10.1 Å². The highest BCUT2D eigenvalue weighted by atomic mass is 32.2. The second kappa shape index (κ2) is 16.8. The van der Waals surface area contributed by atoms with E-state index >= 15 is 8.78 Å². The molecule has 1 fully saturated rings. The molecule has 0 unspecified atom stereocenters. The van der Waals surface area contributed by atoms with Gasteiger partial charge in [0.2, 0.25) is 5.91 Å². The lowest BCUT2D eigenvalue weighted by Crippen LogP contribution is -2.43. The molecule has 1 heterocycles. The fourth-order valence-corrected chi connectivity index (χ4v) is 7.66. The SMILES string of the molecule is Cc1c(C)n(C)c(=O)n(-c2ccc(CC[C@H](NC(=O)c3cc(F)c(NS(=O)(=O)c4ccc(NC(=O)C5(c6ccccc6)CC5)cc4)cc3F)C(=O)OC(C)C)cc2)c1=O. The average molecular weight is 828 g/mol. The maximum Gasteiger partial charge on any atom is 0.335 e. The van der Waals surface area contributed by atoms with Crippen molar-refractivity contribution in [3.05, 3.63) is 151 Å². The molecule has 0 saturated heterocycles. The van der Waals surface area contributed by atoms with Gasteiger partial charge in [-0.2, -0.15) is 0 Å². The fraction of sp³-hybridized carbons (Fsp3) is 0.279. The zero-order valence-electron chi connectivity index (χ0n) is 33.0. The van der Waals surface area contributed by atoms with Crippen molar-refractivity contribution in [2.24, 2.45) is 7.05 Å². The smallest absolute Gasteiger partial charge is 0.335 e. The van der Waals surface area contributed by atoms with Gasteiger partial charge in [-0.1, -0.05) is 42.5 Å². The summed E-state index contributed by atoms with van der Waals surface area (Å²) in [6, 6.07) is 20.7. The van der Waals surface area contributed by atoms with Crippen LogP contribution in [0.4, 0.5) is 20.2 Å². The molecule has 16 heteroatoms. The number of aromatic nitrogens is 2. The summed E-state index contributed by atoms with van der Waals surface area (Å²) in [5, 5.41) is 5.22. The van der Waals surface area contributed by atoms with E-state index in [2.05, 4.69) is 10.6 Å². The van der Waals surface area contributed by atoms with Gasteiger partial charge in [-0.3, -0.25) is 19.1 Å². The Hall–Kier alpha value is -6.42. The Morgan fingerprint density at radius 3 is 2.14 bits per heavy atom. The minimum Gasteiger partial charge on any atom is -0.461 e. The van der Waals surface area contributed by atoms with Crippen LogP contribution >= 0.6 is 0 Å². The van der Waals surface area contributed by atoms with Gasteiger partial charge >= 0.3 is 11.7 Å². The number of hydrogen-bond acceptors (Lipinski definition) is 8. The predicted octanol–water partition coefficient (Wildman–Crippen LogP) is 5.59. The van der Waals surface area contributed by atoms with Gasteiger partial charge in [-0.15, -0.1) is 0 Å². The third-order valence-electron chi connectivity index (χ3n) is 10.4. The van der Waals surface area contributed by atoms with Crippen LogP contribution in [-0.4, -0.2) is 47.5 Å². The number of amides is 2. The van der Waals surface area contributed by atoms with E-state index in [1.54, 1.807) is 59.0 Å². The first kappa shape index (κ1) is 42.2. The highest BCUT2D eigenvalue weighted by molar-refractivity contribution is 7.92. The van der Waals surface area contributed by atoms with Gasteiger partial charge in [0.15, 0.2) is 0 Å². The highest BCUT2D eigenvalue weighted by Crippen LogP contribution is 2.49. The first-order chi connectivity index (χ1) is 27.9. The number of sulfonamides is 1. The molecule has 0 bridgehead atoms. The lowest BCUT2D eigenvalue weighted by Gasteiger charge is -2.20. The number of aryl methyl sites for hydroxylation is 1. The number of benzene rings is 4. The summed E-state index contributed by atoms with van der Waals surface area (Å²) in [4.78, 5) is 64.9. The zero-order valence-corrected chi connectivity index (χ0v) is 33.8. The Labute approximate surface area is 339 Å². The van der Waals surface area contributed by atoms with Crippen molar-refractivity contribution >= 4 is 39.2 Å². The highest BCUT2D eigenvalue weighted by Gasteiger charge is 2.51. The van der Waals surface area contributed by atoms with Crippen LogP contribution in [0, 0.1) is 25.5 Å². The van der Waals surface area contributed by atoms with E-state index in [0.29, 0.717) is 53.2 Å². The number of halogens is 2. The molecule has 1 saturated carbocycles. The third kappa shape index (κ3) is 9.02. The lowest BCUT2D eigenvalue weighted by atomic mass is 9.95. The second-order valence-corrected chi connectivity index (χ2v) is 16.4. The summed E-state index contributed by atoms with van der Waals surface area (Å²) in [7, 11) is -2.89. The number of carbonyl (C=O) groups is 3. The monoisotopic (exact) mass is 827 g/mol. The Morgan fingerprint density at radius 1 is 0.881 bits per heavy atom. The molecule has 1 atom stereocenters. The molecule has 3 N–H and O–H groups in total. The Morgan fingerprint density at radius 2 is 1.53 bits per heavy atom. The molecule has 1 aliphatic carbocycles. The largest absolute Gasteiger partial charge is 0.461 e. The minimum atomic E-state index is -4.46. The minimum absolute atomic E-state index is 0.0274. The molecule has 4 aromatic carbocycles. The summed E-state index contributed by atoms with van der Waals surface area (Å²) in [6.45, 7) is 6.51. The zero-order chi connectivity index (χ0) is 42.8. The predicted molar refractivity (Wildman–Crippen MR) is 217 cm³/mol. The summed E-state index contributed by atoms with van der Waals surface area (Å²) in [6.07, 6.45) is 0.952. The van der Waals surface area contributed by atoms with Crippen molar-refractivity contribution in [1.29, 1.82) is 0 Å². The summed E-state index contributed by atoms with van der Waals surface area (Å²) >= 11 is 0. The Balaban J connectivity index is 1.12. The lowest BCUT2D eigenvalue weighted by molar-refractivity contribution is -0.149. The normalized spacial score (nSPS) is 13.7. The summed E-state index contributed by atoms with van der Waals surface area (Å²) in [5.41, 5.74) is 0.0151. The van der Waals surface area contributed by atoms with Gasteiger partial charge in [-0.25, -0.2) is 31.4 Å². The first-order valence-electron chi connectivity index (χ1n) is 18.8. The van der Waals surface area contributed by atoms with Crippen molar-refractivity contribution < 1.29 is 36.3 Å². The fourth-order valence-electron chi connectivity index (χ4n) is 6.60. The van der Waals surface area contributed by atoms with E-state index in [9.17, 15) is 32.4 Å². The van der Waals surface area contributed by atoms with Crippen molar-refractivity contribution in [2.45, 2.75) is 75.8 Å². The number of rotatable bonds is 14. The third-order valence-corrected chi connectivity index (χ3v) is 11.8. The van der Waals surface area contributed by atoms with Crippen LogP contribution < -0.4 is 26.6 Å². The standard InChI is InChI=1S/C43H43F2N5O8S/c1-25(2)58-40(53)36(20-13-28-11-16-31(17-12-28)50-39(52)26(3)27(4)49(5)42(50)55)47-38(51)33-23-35(45)37(24-34(33)44)48-59(56,57)32-18-14-30(15-19-32)46-41(54)43(21-22-43)29-9-7-6-8-10-29/h6-12,14-19,23-25,36,48H,13,20-22H2,1-5H3,(H,46,54)(H,47,51)/t36-/m0/s1. The molecule has 1 aromatic heterocycles. The van der Waals surface area contributed by atoms with E-state index in [1.807, 2.05) is 35.1 Å². The molecular weight excluding hydrogens is 785 g/mol. The average Bonchev–Trinajstić information content (AvgIpc) is 4.02. The molecule has 0 spiro atoms. The molecule has 0 aliphatic heterocycles. The van der Waals surface area contributed by atoms with Gasteiger partial charge in [-0.05, 0) is 107 Å². The van der Waals surface area contributed by atoms with Gasteiger partial charge in [0.05, 0.1) is 33.4 Å². The number of hydrogen-bond donors (Lipinski definition) is 3. The van der Waals surface area contributed by atoms with E-state index in [1.165, 1.54) is 28.8 Å². The van der Waals surface area contributed by atoms with Crippen LogP contribution in [0.3, 0.4) is 0 Å². The van der Waals surface area contributed by atoms with E-state index in [4.69, 9.17) is 4.74 Å². The van der Waals surface area contributed by atoms with Gasteiger partial charge in [0, 0.05) is 30.1 Å². The quantitative estimate of drug-likeness (QED) is 0.122. The van der Waals surface area contributed by atoms with Gasteiger partial charge < -0.3 is 19.9 Å². The van der Waals surface area contributed by atoms with Crippen LogP contribution in [0.5, 0.6) is 0 Å². The number of esters is 1. The molecule has 2 amide bonds. The molecule has 5 aromatic rings. The topological polar surface area (TPSA) is 175 Å². The number of ether oxygens (including phenoxy) is 1. The van der Waals surface area contributed by atoms with Crippen LogP contribution in [0.25, 0.3) is 5.69 Å². The summed E-state index contributed by atoms with van der Waals surface area (Å²) in [5.74, 6) is -4.74. The van der Waals surface area contributed by atoms with Crippen molar-refractivity contribution in [1.82, 2.24) is 14.5 Å². The molecule has 1 aliphatic rings. The first-order valence-corrected chi connectivity index (χ1v) is 20.3. The van der Waals surface area contributed by atoms with Crippen LogP contribution in [0.2, 0.25) is 0 Å². The van der Waals surface area contributed by atoms with Crippen LogP contribution in [0.1, 0.15) is 65.9 Å². The van der Waals surface area contributed by atoms with E-state index in [-0.39, 0.29) is 23.6 Å². The molecular formula is C43H43F2N5O8S. The molecule has 0 radical (unpaired) electrons. The second-order valence-electron chi connectivity index (χ2n) is 14.8. The molecule has 308 valence electrons. The maximum absolute atomic E-state index is 15.4. The van der Waals surface area contributed by atoms with Gasteiger partial charge in [0.1, 0.15) is 17.7 Å². The Kier molecular flexibility index (Phi) is 12.0. The van der Waals surface area contributed by atoms with Crippen LogP contribution in [-0.2, 0) is 43.2 Å². The van der Waals surface area contributed by atoms with Crippen molar-refractivity contribution in [3.8, 4) is 5.69 Å². The molecule has 59 heavy (non-hydrogen) atoms. The molecule has 6 rings (SSSR count). The number of anilines is 2.